The summed E-state index contributed by atoms with van der Waals surface area (Å²) in [5.74, 6) is -0.270. The number of rotatable bonds is 0. The lowest BCUT2D eigenvalue weighted by Crippen LogP contribution is -2.48. The molecular weight excluding hydrogens is 210 g/mol. The van der Waals surface area contributed by atoms with E-state index in [1.165, 1.54) is 0 Å². The molecule has 5 nitrogen and oxygen atoms in total. The van der Waals surface area contributed by atoms with Crippen LogP contribution in [0.5, 0.6) is 0 Å². The Morgan fingerprint density at radius 1 is 1.38 bits per heavy atom. The van der Waals surface area contributed by atoms with Crippen LogP contribution in [0, 0.1) is 0 Å². The number of hydrogen-bond donors (Lipinski definition) is 1. The van der Waals surface area contributed by atoms with E-state index in [0.29, 0.717) is 12.8 Å². The SMILES string of the molecule is C[C@]12CC(=NO[C@@H]1O)CCCCCC(=O)O2. The maximum absolute atomic E-state index is 11.5. The molecule has 0 aromatic rings. The summed E-state index contributed by atoms with van der Waals surface area (Å²) in [5.41, 5.74) is -0.117. The molecule has 0 saturated carbocycles. The van der Waals surface area contributed by atoms with Crippen molar-refractivity contribution in [2.45, 2.75) is 57.3 Å². The maximum atomic E-state index is 11.5. The largest absolute Gasteiger partial charge is 0.452 e. The highest BCUT2D eigenvalue weighted by Gasteiger charge is 2.43. The molecule has 2 aliphatic rings. The van der Waals surface area contributed by atoms with E-state index in [1.54, 1.807) is 6.92 Å². The molecule has 0 spiro atoms. The summed E-state index contributed by atoms with van der Waals surface area (Å²) in [7, 11) is 0. The van der Waals surface area contributed by atoms with E-state index < -0.39 is 11.9 Å². The molecule has 0 aliphatic carbocycles. The third-order valence-corrected chi connectivity index (χ3v) is 3.05. The van der Waals surface area contributed by atoms with Crippen LogP contribution in [0.2, 0.25) is 0 Å². The average Bonchev–Trinajstić information content (AvgIpc) is 2.22. The second kappa shape index (κ2) is 4.41. The zero-order valence-electron chi connectivity index (χ0n) is 9.44. The third-order valence-electron chi connectivity index (χ3n) is 3.05. The average molecular weight is 227 g/mol. The normalized spacial score (nSPS) is 35.8. The van der Waals surface area contributed by atoms with Gasteiger partial charge in [0.1, 0.15) is 0 Å². The van der Waals surface area contributed by atoms with Gasteiger partial charge in [0, 0.05) is 12.8 Å². The molecule has 1 fully saturated rings. The number of hydrogen-bond acceptors (Lipinski definition) is 5. The van der Waals surface area contributed by atoms with Crippen molar-refractivity contribution in [2.24, 2.45) is 5.16 Å². The van der Waals surface area contributed by atoms with Gasteiger partial charge in [-0.15, -0.1) is 0 Å². The fraction of sp³-hybridized carbons (Fsp3) is 0.818. The zero-order chi connectivity index (χ0) is 11.6. The van der Waals surface area contributed by atoms with Gasteiger partial charge in [-0.1, -0.05) is 11.6 Å². The van der Waals surface area contributed by atoms with Gasteiger partial charge in [0.2, 0.25) is 0 Å². The van der Waals surface area contributed by atoms with E-state index in [-0.39, 0.29) is 5.97 Å². The predicted molar refractivity (Wildman–Crippen MR) is 56.7 cm³/mol. The lowest BCUT2D eigenvalue weighted by Gasteiger charge is -2.36. The van der Waals surface area contributed by atoms with Crippen LogP contribution < -0.4 is 0 Å². The second-order valence-corrected chi connectivity index (χ2v) is 4.64. The topological polar surface area (TPSA) is 68.1 Å². The second-order valence-electron chi connectivity index (χ2n) is 4.64. The summed E-state index contributed by atoms with van der Waals surface area (Å²) < 4.78 is 5.30. The van der Waals surface area contributed by atoms with E-state index in [1.807, 2.05) is 0 Å². The summed E-state index contributed by atoms with van der Waals surface area (Å²) in [6, 6.07) is 0. The molecule has 0 unspecified atom stereocenters. The van der Waals surface area contributed by atoms with Crippen molar-refractivity contribution in [3.63, 3.8) is 0 Å². The van der Waals surface area contributed by atoms with Gasteiger partial charge in [0.05, 0.1) is 5.71 Å². The van der Waals surface area contributed by atoms with Crippen LogP contribution in [0.15, 0.2) is 5.16 Å². The van der Waals surface area contributed by atoms with Gasteiger partial charge in [-0.05, 0) is 26.2 Å². The minimum atomic E-state index is -1.17. The summed E-state index contributed by atoms with van der Waals surface area (Å²) in [6.07, 6.45) is 3.38. The first-order chi connectivity index (χ1) is 7.60. The van der Waals surface area contributed by atoms with Gasteiger partial charge in [-0.3, -0.25) is 4.79 Å². The first kappa shape index (κ1) is 11.4. The molecule has 2 heterocycles. The van der Waals surface area contributed by atoms with E-state index in [2.05, 4.69) is 5.16 Å². The molecular formula is C11H17NO4. The fourth-order valence-electron chi connectivity index (χ4n) is 2.07. The highest BCUT2D eigenvalue weighted by atomic mass is 16.7. The smallest absolute Gasteiger partial charge is 0.306 e. The Labute approximate surface area is 94.4 Å². The van der Waals surface area contributed by atoms with Crippen molar-refractivity contribution >= 4 is 11.7 Å². The molecule has 0 aromatic heterocycles. The van der Waals surface area contributed by atoms with Crippen LogP contribution in [0.1, 0.15) is 45.4 Å². The van der Waals surface area contributed by atoms with Gasteiger partial charge in [0.15, 0.2) is 5.60 Å². The number of aliphatic hydroxyl groups excluding tert-OH is 1. The number of oxime groups is 1. The molecule has 2 bridgehead atoms. The summed E-state index contributed by atoms with van der Waals surface area (Å²) in [6.45, 7) is 1.69. The summed E-state index contributed by atoms with van der Waals surface area (Å²) >= 11 is 0. The number of nitrogens with zero attached hydrogens (tertiary/aromatic N) is 1. The van der Waals surface area contributed by atoms with Crippen LogP contribution in [0.3, 0.4) is 0 Å². The Balaban J connectivity index is 2.17. The van der Waals surface area contributed by atoms with Gasteiger partial charge in [-0.2, -0.15) is 0 Å². The number of carbonyl (C=O) groups is 1. The first-order valence-electron chi connectivity index (χ1n) is 5.72. The number of carbonyl (C=O) groups excluding carboxylic acids is 1. The molecule has 16 heavy (non-hydrogen) atoms. The highest BCUT2D eigenvalue weighted by Crippen LogP contribution is 2.29. The number of aliphatic hydroxyl groups is 1. The van der Waals surface area contributed by atoms with Gasteiger partial charge in [0.25, 0.3) is 6.29 Å². The van der Waals surface area contributed by atoms with Crippen LogP contribution in [-0.4, -0.2) is 28.7 Å². The van der Waals surface area contributed by atoms with Crippen LogP contribution in [-0.2, 0) is 14.4 Å². The van der Waals surface area contributed by atoms with Gasteiger partial charge in [-0.25, -0.2) is 0 Å². The first-order valence-corrected chi connectivity index (χ1v) is 5.72. The highest BCUT2D eigenvalue weighted by molar-refractivity contribution is 5.86. The third kappa shape index (κ3) is 2.35. The van der Waals surface area contributed by atoms with Crippen LogP contribution >= 0.6 is 0 Å². The minimum absolute atomic E-state index is 0.270. The molecule has 90 valence electrons. The van der Waals surface area contributed by atoms with E-state index in [4.69, 9.17) is 9.57 Å². The summed E-state index contributed by atoms with van der Waals surface area (Å²) in [4.78, 5) is 16.4. The van der Waals surface area contributed by atoms with Crippen molar-refractivity contribution in [3.8, 4) is 0 Å². The lowest BCUT2D eigenvalue weighted by molar-refractivity contribution is -0.230. The zero-order valence-corrected chi connectivity index (χ0v) is 9.44. The molecule has 1 saturated heterocycles. The Morgan fingerprint density at radius 3 is 2.94 bits per heavy atom. The van der Waals surface area contributed by atoms with Crippen molar-refractivity contribution < 1.29 is 19.5 Å². The summed E-state index contributed by atoms with van der Waals surface area (Å²) in [5, 5.41) is 13.5. The minimum Gasteiger partial charge on any atom is -0.452 e. The van der Waals surface area contributed by atoms with Crippen molar-refractivity contribution in [3.05, 3.63) is 0 Å². The maximum Gasteiger partial charge on any atom is 0.306 e. The monoisotopic (exact) mass is 227 g/mol. The molecule has 0 radical (unpaired) electrons. The Hall–Kier alpha value is -1.10. The Kier molecular flexibility index (Phi) is 3.14. The van der Waals surface area contributed by atoms with E-state index in [9.17, 15) is 9.90 Å². The lowest BCUT2D eigenvalue weighted by atomic mass is 9.93. The Morgan fingerprint density at radius 2 is 2.12 bits per heavy atom. The molecule has 2 rings (SSSR count). The molecule has 5 heteroatoms. The quantitative estimate of drug-likeness (QED) is 0.634. The van der Waals surface area contributed by atoms with Gasteiger partial charge < -0.3 is 14.7 Å². The molecule has 0 amide bonds. The predicted octanol–water partition coefficient (Wildman–Crippen LogP) is 1.35. The Bertz CT molecular complexity index is 315. The molecule has 1 N–H and O–H groups in total. The van der Waals surface area contributed by atoms with Crippen molar-refractivity contribution in [1.82, 2.24) is 0 Å². The number of fused-ring (bicyclic) bond motifs is 2. The van der Waals surface area contributed by atoms with Crippen molar-refractivity contribution in [2.75, 3.05) is 0 Å². The van der Waals surface area contributed by atoms with E-state index >= 15 is 0 Å². The standard InChI is InChI=1S/C11H17NO4/c1-11-7-8(12-16-10(11)14)5-3-2-4-6-9(13)15-11/h10,14H,2-7H2,1H3/t10-,11-/m0/s1. The van der Waals surface area contributed by atoms with Crippen LogP contribution in [0.25, 0.3) is 0 Å². The fourth-order valence-corrected chi connectivity index (χ4v) is 2.07. The number of ether oxygens (including phenoxy) is 1. The van der Waals surface area contributed by atoms with Gasteiger partial charge >= 0.3 is 5.97 Å². The number of esters is 1. The molecule has 2 aliphatic heterocycles. The van der Waals surface area contributed by atoms with E-state index in [0.717, 1.165) is 31.4 Å². The molecule has 0 aromatic carbocycles. The molecule has 2 atom stereocenters. The van der Waals surface area contributed by atoms with Crippen molar-refractivity contribution in [1.29, 1.82) is 0 Å². The van der Waals surface area contributed by atoms with Crippen LogP contribution in [0.4, 0.5) is 0 Å².